The molecule has 11 heteroatoms. The molecule has 0 amide bonds. The van der Waals surface area contributed by atoms with E-state index in [1.54, 1.807) is 18.2 Å². The molecule has 2 heterocycles. The van der Waals surface area contributed by atoms with Gasteiger partial charge in [0.05, 0.1) is 39.5 Å². The number of hydrogen-bond acceptors (Lipinski definition) is 6. The van der Waals surface area contributed by atoms with E-state index in [-0.39, 0.29) is 11.2 Å². The minimum absolute atomic E-state index is 0.196. The van der Waals surface area contributed by atoms with Crippen LogP contribution >= 0.6 is 23.2 Å². The molecule has 2 N–H and O–H groups in total. The third-order valence-electron chi connectivity index (χ3n) is 6.91. The summed E-state index contributed by atoms with van der Waals surface area (Å²) in [6.07, 6.45) is 5.62. The number of anilines is 2. The van der Waals surface area contributed by atoms with E-state index in [0.717, 1.165) is 18.4 Å². The summed E-state index contributed by atoms with van der Waals surface area (Å²) in [6.45, 7) is 4.65. The molecule has 7 nitrogen and oxygen atoms in total. The summed E-state index contributed by atoms with van der Waals surface area (Å²) in [5.41, 5.74) is 2.76. The first-order chi connectivity index (χ1) is 18.1. The number of alkyl halides is 1. The van der Waals surface area contributed by atoms with E-state index in [0.29, 0.717) is 57.0 Å². The molecule has 1 saturated carbocycles. The number of halogens is 3. The summed E-state index contributed by atoms with van der Waals surface area (Å²) < 4.78 is 15.7. The summed E-state index contributed by atoms with van der Waals surface area (Å²) in [5.74, 6) is 0.132. The number of nitriles is 1. The Balaban J connectivity index is 1.61. The lowest BCUT2D eigenvalue weighted by atomic mass is 9.69. The van der Waals surface area contributed by atoms with Crippen LogP contribution in [0.1, 0.15) is 49.6 Å². The monoisotopic (exact) mass is 549 g/mol. The number of hydrogen-bond donors (Lipinski definition) is 2. The van der Waals surface area contributed by atoms with Crippen LogP contribution in [0, 0.1) is 22.6 Å². The topological polar surface area (TPSA) is 91.5 Å². The Bertz CT molecular complexity index is 1530. The quantitative estimate of drug-likeness (QED) is 0.213. The zero-order valence-corrected chi connectivity index (χ0v) is 22.9. The number of pyridine rings is 1. The van der Waals surface area contributed by atoms with Crippen molar-refractivity contribution >= 4 is 53.3 Å². The third-order valence-corrected chi connectivity index (χ3v) is 7.92. The fourth-order valence-corrected chi connectivity index (χ4v) is 4.72. The molecular formula is C27H27BCl2FN7. The summed E-state index contributed by atoms with van der Waals surface area (Å²) in [5, 5.41) is 26.8. The summed E-state index contributed by atoms with van der Waals surface area (Å²) >= 11 is 12.9. The average molecular weight is 550 g/mol. The van der Waals surface area contributed by atoms with Crippen molar-refractivity contribution in [3.05, 3.63) is 76.5 Å². The first kappa shape index (κ1) is 26.3. The zero-order chi connectivity index (χ0) is 27.1. The van der Waals surface area contributed by atoms with Gasteiger partial charge in [-0.1, -0.05) is 42.8 Å². The molecule has 2 aromatic heterocycles. The predicted octanol–water partition coefficient (Wildman–Crippen LogP) is 5.45. The normalized spacial score (nSPS) is 15.2. The van der Waals surface area contributed by atoms with Gasteiger partial charge in [0.1, 0.15) is 25.4 Å². The summed E-state index contributed by atoms with van der Waals surface area (Å²) in [4.78, 5) is 4.45. The third kappa shape index (κ3) is 5.16. The second kappa shape index (κ2) is 10.1. The molecule has 0 aliphatic heterocycles. The van der Waals surface area contributed by atoms with Crippen molar-refractivity contribution in [2.45, 2.75) is 38.2 Å². The Hall–Kier alpha value is -3.35. The van der Waals surface area contributed by atoms with Crippen LogP contribution in [0.2, 0.25) is 5.02 Å². The molecule has 0 bridgehead atoms. The standard InChI is InChI=1S/C27H27BCl2FN7/c1-26(2,14-29)15-34-24-16(11-32)12-33-25-21(24)9-19(10-22(25)30)35-27(28,17-3-5-18(31)6-4-17)23-13-38(37-36-23)20-7-8-20/h3-6,9-10,12-13,20,35H,7-8,14-15,28H2,1-2H3,(H,33,34). The van der Waals surface area contributed by atoms with Gasteiger partial charge in [0.2, 0.25) is 0 Å². The van der Waals surface area contributed by atoms with Gasteiger partial charge in [0.15, 0.2) is 0 Å². The van der Waals surface area contributed by atoms with Gasteiger partial charge < -0.3 is 10.6 Å². The van der Waals surface area contributed by atoms with Crippen LogP contribution < -0.4 is 10.6 Å². The van der Waals surface area contributed by atoms with Crippen LogP contribution in [-0.4, -0.2) is 40.2 Å². The largest absolute Gasteiger partial charge is 0.383 e. The van der Waals surface area contributed by atoms with Crippen LogP contribution in [0.5, 0.6) is 0 Å². The van der Waals surface area contributed by atoms with E-state index in [9.17, 15) is 9.65 Å². The fraction of sp³-hybridized carbons (Fsp3) is 0.333. The van der Waals surface area contributed by atoms with Gasteiger partial charge >= 0.3 is 0 Å². The number of aromatic nitrogens is 4. The van der Waals surface area contributed by atoms with E-state index >= 15 is 0 Å². The lowest BCUT2D eigenvalue weighted by molar-refractivity contribution is 0.450. The number of fused-ring (bicyclic) bond motifs is 1. The molecule has 1 unspecified atom stereocenters. The van der Waals surface area contributed by atoms with Gasteiger partial charge in [-0.25, -0.2) is 9.07 Å². The highest BCUT2D eigenvalue weighted by Gasteiger charge is 2.34. The number of nitrogens with zero attached hydrogens (tertiary/aromatic N) is 5. The summed E-state index contributed by atoms with van der Waals surface area (Å²) in [6, 6.07) is 12.6. The number of benzene rings is 2. The van der Waals surface area contributed by atoms with Crippen molar-refractivity contribution in [1.29, 1.82) is 5.26 Å². The number of rotatable bonds is 9. The average Bonchev–Trinajstić information content (AvgIpc) is 3.63. The van der Waals surface area contributed by atoms with E-state index < -0.39 is 5.44 Å². The van der Waals surface area contributed by atoms with E-state index in [1.807, 2.05) is 38.6 Å². The molecule has 0 radical (unpaired) electrons. The van der Waals surface area contributed by atoms with Crippen molar-refractivity contribution in [3.8, 4) is 6.07 Å². The lowest BCUT2D eigenvalue weighted by Crippen LogP contribution is -2.37. The first-order valence-electron chi connectivity index (χ1n) is 12.4. The molecule has 194 valence electrons. The maximum absolute atomic E-state index is 13.8. The van der Waals surface area contributed by atoms with Crippen LogP contribution in [0.15, 0.2) is 48.8 Å². The van der Waals surface area contributed by atoms with E-state index in [2.05, 4.69) is 32.0 Å². The van der Waals surface area contributed by atoms with Crippen LogP contribution in [0.25, 0.3) is 10.9 Å². The SMILES string of the molecule is BC(Nc1cc(Cl)c2ncc(C#N)c(NCC(C)(C)CCl)c2c1)(c1ccc(F)cc1)c1cn(C2CC2)nn1. The fourth-order valence-electron chi connectivity index (χ4n) is 4.36. The van der Waals surface area contributed by atoms with E-state index in [1.165, 1.54) is 18.3 Å². The Morgan fingerprint density at radius 1 is 1.24 bits per heavy atom. The van der Waals surface area contributed by atoms with Gasteiger partial charge in [-0.05, 0) is 48.1 Å². The number of nitrogens with one attached hydrogen (secondary N) is 2. The van der Waals surface area contributed by atoms with Crippen molar-refractivity contribution < 1.29 is 4.39 Å². The highest BCUT2D eigenvalue weighted by molar-refractivity contribution is 6.36. The molecule has 0 saturated heterocycles. The van der Waals surface area contributed by atoms with Crippen molar-refractivity contribution in [1.82, 2.24) is 20.0 Å². The second-order valence-corrected chi connectivity index (χ2v) is 11.4. The van der Waals surface area contributed by atoms with E-state index in [4.69, 9.17) is 23.2 Å². The lowest BCUT2D eigenvalue weighted by Gasteiger charge is -2.31. The first-order valence-corrected chi connectivity index (χ1v) is 13.3. The molecule has 1 atom stereocenters. The Morgan fingerprint density at radius 2 is 1.97 bits per heavy atom. The molecule has 1 aliphatic carbocycles. The molecule has 38 heavy (non-hydrogen) atoms. The zero-order valence-electron chi connectivity index (χ0n) is 21.4. The molecule has 2 aromatic carbocycles. The molecule has 5 rings (SSSR count). The van der Waals surface area contributed by atoms with Crippen molar-refractivity contribution in [2.75, 3.05) is 23.1 Å². The Morgan fingerprint density at radius 3 is 2.63 bits per heavy atom. The van der Waals surface area contributed by atoms with Gasteiger partial charge in [0.25, 0.3) is 0 Å². The predicted molar refractivity (Wildman–Crippen MR) is 152 cm³/mol. The van der Waals surface area contributed by atoms with Gasteiger partial charge in [0, 0.05) is 29.7 Å². The Labute approximate surface area is 231 Å². The van der Waals surface area contributed by atoms with Crippen LogP contribution in [-0.2, 0) is 5.44 Å². The minimum atomic E-state index is -0.855. The van der Waals surface area contributed by atoms with Gasteiger partial charge in [-0.3, -0.25) is 4.98 Å². The van der Waals surface area contributed by atoms with Crippen LogP contribution in [0.4, 0.5) is 15.8 Å². The Kier molecular flexibility index (Phi) is 6.97. The molecule has 1 aliphatic rings. The highest BCUT2D eigenvalue weighted by atomic mass is 35.5. The maximum Gasteiger partial charge on any atom is 0.148 e. The molecule has 4 aromatic rings. The molecule has 1 fully saturated rings. The maximum atomic E-state index is 13.8. The van der Waals surface area contributed by atoms with Crippen molar-refractivity contribution in [3.63, 3.8) is 0 Å². The smallest absolute Gasteiger partial charge is 0.148 e. The minimum Gasteiger partial charge on any atom is -0.383 e. The highest BCUT2D eigenvalue weighted by Crippen LogP contribution is 2.38. The van der Waals surface area contributed by atoms with Gasteiger partial charge in [-0.2, -0.15) is 5.26 Å². The second-order valence-electron chi connectivity index (χ2n) is 10.7. The molecular weight excluding hydrogens is 523 g/mol. The molecule has 0 spiro atoms. The van der Waals surface area contributed by atoms with Gasteiger partial charge in [-0.15, -0.1) is 16.7 Å². The summed E-state index contributed by atoms with van der Waals surface area (Å²) in [7, 11) is 1.98. The van der Waals surface area contributed by atoms with Crippen molar-refractivity contribution in [2.24, 2.45) is 5.41 Å². The van der Waals surface area contributed by atoms with Crippen LogP contribution in [0.3, 0.4) is 0 Å².